The highest BCUT2D eigenvalue weighted by atomic mass is 16.6. The molecule has 6 aromatic carbocycles. The lowest BCUT2D eigenvalue weighted by molar-refractivity contribution is -0.384. The van der Waals surface area contributed by atoms with Gasteiger partial charge in [0.15, 0.2) is 11.6 Å². The van der Waals surface area contributed by atoms with E-state index in [-0.39, 0.29) is 60.8 Å². The van der Waals surface area contributed by atoms with Crippen LogP contribution in [0.2, 0.25) is 0 Å². The molecule has 2 aliphatic heterocycles. The number of ketones is 2. The number of amides is 2. The molecule has 0 spiro atoms. The number of nitrogens with zero attached hydrogens (tertiary/aromatic N) is 3. The first kappa shape index (κ1) is 47.0. The van der Waals surface area contributed by atoms with E-state index >= 15 is 0 Å². The Morgan fingerprint density at radius 1 is 0.600 bits per heavy atom. The van der Waals surface area contributed by atoms with Crippen molar-refractivity contribution in [1.82, 2.24) is 19.8 Å². The number of nitro groups is 1. The van der Waals surface area contributed by atoms with Gasteiger partial charge in [-0.3, -0.25) is 29.3 Å². The van der Waals surface area contributed by atoms with Gasteiger partial charge in [0.25, 0.3) is 5.69 Å². The van der Waals surface area contributed by atoms with Crippen molar-refractivity contribution in [2.45, 2.75) is 76.3 Å². The molecular formula is C58H58N6O6. The second-order valence-corrected chi connectivity index (χ2v) is 18.6. The number of aromatic nitrogens is 2. The third-order valence-electron chi connectivity index (χ3n) is 13.9. The minimum Gasteiger partial charge on any atom is -0.399 e. The maximum atomic E-state index is 13.3. The third-order valence-corrected chi connectivity index (χ3v) is 13.9. The van der Waals surface area contributed by atoms with E-state index < -0.39 is 4.92 Å². The van der Waals surface area contributed by atoms with Crippen molar-refractivity contribution in [3.63, 3.8) is 0 Å². The van der Waals surface area contributed by atoms with E-state index in [1.165, 1.54) is 12.1 Å². The number of rotatable bonds is 13. The van der Waals surface area contributed by atoms with Crippen LogP contribution in [0.4, 0.5) is 11.4 Å². The summed E-state index contributed by atoms with van der Waals surface area (Å²) in [4.78, 5) is 73.8. The number of Topliss-reactive ketones (excluding diaryl/α,β-unsaturated/α-hetero) is 2. The molecule has 2 amide bonds. The predicted molar refractivity (Wildman–Crippen MR) is 277 cm³/mol. The van der Waals surface area contributed by atoms with Gasteiger partial charge in [0, 0.05) is 78.4 Å². The molecule has 4 heterocycles. The SMILES string of the molecule is C[C@@H](C(=O)N1CCC[C@H]1C(=O)Cc1ccc2[nH]c(-c3ccc(N)cc3)cc2c1)c1ccccc1.C[C@@H](C(=O)N1CCC[C@H]1C(=O)Cc1ccc2[nH]c(-c3ccc([N+](=O)[O-])cc3)cc2c1)c1ccccc1.[HH]. The molecule has 2 fully saturated rings. The van der Waals surface area contributed by atoms with Crippen molar-refractivity contribution >= 4 is 56.6 Å². The Labute approximate surface area is 408 Å². The van der Waals surface area contributed by atoms with E-state index in [1.54, 1.807) is 21.9 Å². The number of hydrogen-bond acceptors (Lipinski definition) is 7. The van der Waals surface area contributed by atoms with Crippen LogP contribution in [0.3, 0.4) is 0 Å². The van der Waals surface area contributed by atoms with Gasteiger partial charge < -0.3 is 25.5 Å². The molecule has 4 N–H and O–H groups in total. The summed E-state index contributed by atoms with van der Waals surface area (Å²) in [7, 11) is 0. The number of fused-ring (bicyclic) bond motifs is 2. The van der Waals surface area contributed by atoms with E-state index in [1.807, 2.05) is 135 Å². The van der Waals surface area contributed by atoms with Crippen LogP contribution in [0.15, 0.2) is 158 Å². The van der Waals surface area contributed by atoms with Crippen LogP contribution in [0.5, 0.6) is 0 Å². The van der Waals surface area contributed by atoms with Gasteiger partial charge in [0.05, 0.1) is 28.8 Å². The molecule has 12 nitrogen and oxygen atoms in total. The lowest BCUT2D eigenvalue weighted by Gasteiger charge is -2.27. The number of anilines is 1. The summed E-state index contributed by atoms with van der Waals surface area (Å²) in [6, 6.07) is 48.9. The number of non-ortho nitro benzene ring substituents is 1. The van der Waals surface area contributed by atoms with Crippen LogP contribution >= 0.6 is 0 Å². The van der Waals surface area contributed by atoms with E-state index in [4.69, 9.17) is 5.73 Å². The fraction of sp³-hybridized carbons (Fsp3) is 0.241. The Hall–Kier alpha value is -8.12. The van der Waals surface area contributed by atoms with Crippen LogP contribution in [0.25, 0.3) is 44.3 Å². The fourth-order valence-corrected chi connectivity index (χ4v) is 9.96. The molecule has 2 aromatic heterocycles. The normalized spacial score (nSPS) is 16.4. The number of hydrogen-bond donors (Lipinski definition) is 3. The number of aromatic amines is 2. The van der Waals surface area contributed by atoms with Gasteiger partial charge in [-0.1, -0.05) is 84.9 Å². The zero-order chi connectivity index (χ0) is 48.9. The smallest absolute Gasteiger partial charge is 0.269 e. The van der Waals surface area contributed by atoms with Crippen molar-refractivity contribution in [2.75, 3.05) is 18.8 Å². The van der Waals surface area contributed by atoms with Crippen molar-refractivity contribution in [1.29, 1.82) is 0 Å². The lowest BCUT2D eigenvalue weighted by Crippen LogP contribution is -2.43. The average molecular weight is 935 g/mol. The molecule has 0 unspecified atom stereocenters. The average Bonchev–Trinajstić information content (AvgIpc) is 4.23. The quantitative estimate of drug-likeness (QED) is 0.0585. The number of likely N-dealkylation sites (tertiary alicyclic amines) is 2. The molecule has 4 atom stereocenters. The van der Waals surface area contributed by atoms with E-state index in [0.29, 0.717) is 25.9 Å². The summed E-state index contributed by atoms with van der Waals surface area (Å²) >= 11 is 0. The highest BCUT2D eigenvalue weighted by molar-refractivity contribution is 5.95. The summed E-state index contributed by atoms with van der Waals surface area (Å²) in [5, 5.41) is 12.9. The number of benzene rings is 6. The monoisotopic (exact) mass is 934 g/mol. The molecule has 0 bridgehead atoms. The van der Waals surface area contributed by atoms with Crippen LogP contribution < -0.4 is 5.73 Å². The van der Waals surface area contributed by atoms with Crippen LogP contribution in [0, 0.1) is 10.1 Å². The number of nitrogen functional groups attached to an aromatic ring is 1. The zero-order valence-corrected chi connectivity index (χ0v) is 39.3. The van der Waals surface area contributed by atoms with Gasteiger partial charge in [0.1, 0.15) is 0 Å². The van der Waals surface area contributed by atoms with E-state index in [2.05, 4.69) is 22.1 Å². The Bertz CT molecular complexity index is 3190. The first-order valence-corrected chi connectivity index (χ1v) is 24.0. The van der Waals surface area contributed by atoms with Gasteiger partial charge in [-0.15, -0.1) is 0 Å². The fourth-order valence-electron chi connectivity index (χ4n) is 9.96. The minimum atomic E-state index is -0.417. The van der Waals surface area contributed by atoms with Crippen molar-refractivity contribution in [2.24, 2.45) is 0 Å². The van der Waals surface area contributed by atoms with Crippen LogP contribution in [0.1, 0.15) is 75.0 Å². The Morgan fingerprint density at radius 2 is 1.01 bits per heavy atom. The van der Waals surface area contributed by atoms with E-state index in [0.717, 1.165) is 91.5 Å². The second kappa shape index (κ2) is 20.6. The van der Waals surface area contributed by atoms with Gasteiger partial charge in [-0.25, -0.2) is 0 Å². The molecule has 0 saturated carbocycles. The first-order chi connectivity index (χ1) is 33.9. The molecule has 10 rings (SSSR count). The summed E-state index contributed by atoms with van der Waals surface area (Å²) in [5.41, 5.74) is 16.1. The van der Waals surface area contributed by atoms with Crippen molar-refractivity contribution < 1.29 is 25.5 Å². The van der Waals surface area contributed by atoms with Crippen LogP contribution in [-0.2, 0) is 32.0 Å². The van der Waals surface area contributed by atoms with Crippen molar-refractivity contribution in [3.05, 3.63) is 190 Å². The Morgan fingerprint density at radius 3 is 1.43 bits per heavy atom. The maximum Gasteiger partial charge on any atom is 0.269 e. The first-order valence-electron chi connectivity index (χ1n) is 24.0. The highest BCUT2D eigenvalue weighted by Gasteiger charge is 2.37. The standard InChI is InChI=1S/C29H27N3O4.C29H29N3O2.H2/c1-19(21-6-3-2-4-7-21)29(34)31-15-5-8-27(31)28(33)17-20-9-14-25-23(16-20)18-26(30-25)22-10-12-24(13-11-22)32(35)36;1-19(21-6-3-2-4-7-21)29(34)32-15-5-8-27(32)28(33)17-20-9-14-25-23(16-20)18-26(31-25)22-10-12-24(30)13-11-22;/h2-4,6-7,9-14,16,18-19,27,30H,5,8,15,17H2,1H3;2-4,6-7,9-14,16,18-19,27,31H,5,8,15,17,30H2,1H3;1H/t2*19-,27+;/m11./s1. The second-order valence-electron chi connectivity index (χ2n) is 18.6. The van der Waals surface area contributed by atoms with Gasteiger partial charge >= 0.3 is 0 Å². The number of carbonyl (C=O) groups excluding carboxylic acids is 4. The lowest BCUT2D eigenvalue weighted by atomic mass is 9.97. The largest absolute Gasteiger partial charge is 0.399 e. The maximum absolute atomic E-state index is 13.3. The minimum absolute atomic E-state index is 0. The Balaban J connectivity index is 0.000000188. The summed E-state index contributed by atoms with van der Waals surface area (Å²) in [5.74, 6) is -0.320. The number of nitrogens with two attached hydrogens (primary N) is 1. The molecule has 2 saturated heterocycles. The summed E-state index contributed by atoms with van der Waals surface area (Å²) in [6.07, 6.45) is 3.72. The number of nitro benzene ring substituents is 1. The molecular weight excluding hydrogens is 877 g/mol. The molecule has 2 aliphatic rings. The van der Waals surface area contributed by atoms with Crippen molar-refractivity contribution in [3.8, 4) is 22.5 Å². The Kier molecular flexibility index (Phi) is 13.8. The highest BCUT2D eigenvalue weighted by Crippen LogP contribution is 2.31. The number of H-pyrrole nitrogens is 2. The molecule has 0 aliphatic carbocycles. The number of nitrogens with one attached hydrogen (secondary N) is 2. The van der Waals surface area contributed by atoms with E-state index in [9.17, 15) is 29.3 Å². The summed E-state index contributed by atoms with van der Waals surface area (Å²) in [6.45, 7) is 5.09. The molecule has 8 aromatic rings. The summed E-state index contributed by atoms with van der Waals surface area (Å²) < 4.78 is 0. The molecule has 0 radical (unpaired) electrons. The predicted octanol–water partition coefficient (Wildman–Crippen LogP) is 11.2. The molecule has 12 heteroatoms. The number of carbonyl (C=O) groups is 4. The molecule has 70 heavy (non-hydrogen) atoms. The van der Waals surface area contributed by atoms with Gasteiger partial charge in [-0.2, -0.15) is 0 Å². The molecule has 356 valence electrons. The topological polar surface area (TPSA) is 175 Å². The van der Waals surface area contributed by atoms with Crippen LogP contribution in [-0.4, -0.2) is 73.2 Å². The van der Waals surface area contributed by atoms with Gasteiger partial charge in [0.2, 0.25) is 11.8 Å². The zero-order valence-electron chi connectivity index (χ0n) is 39.3. The third kappa shape index (κ3) is 10.3. The van der Waals surface area contributed by atoms with Gasteiger partial charge in [-0.05, 0) is 134 Å².